The number of aromatic amines is 1. The largest absolute Gasteiger partial charge is 0.398 e. The van der Waals surface area contributed by atoms with Crippen LogP contribution >= 0.6 is 0 Å². The summed E-state index contributed by atoms with van der Waals surface area (Å²) in [5.74, 6) is -0.0188. The Balaban J connectivity index is 1.81. The number of piperidine rings is 1. The van der Waals surface area contributed by atoms with E-state index in [9.17, 15) is 9.59 Å². The first-order valence-electron chi connectivity index (χ1n) is 9.93. The normalized spacial score (nSPS) is 15.0. The van der Waals surface area contributed by atoms with Crippen LogP contribution in [0.4, 0.5) is 5.69 Å². The zero-order chi connectivity index (χ0) is 20.7. The Morgan fingerprint density at radius 1 is 1.10 bits per heavy atom. The summed E-state index contributed by atoms with van der Waals surface area (Å²) in [6.45, 7) is 5.12. The number of primary amides is 1. The molecule has 29 heavy (non-hydrogen) atoms. The predicted octanol–water partition coefficient (Wildman–Crippen LogP) is 3.55. The number of nitrogens with zero attached hydrogens (tertiary/aromatic N) is 1. The molecule has 6 heteroatoms. The highest BCUT2D eigenvalue weighted by atomic mass is 16.2. The maximum absolute atomic E-state index is 12.0. The molecule has 0 radical (unpaired) electrons. The molecule has 2 aromatic carbocycles. The lowest BCUT2D eigenvalue weighted by molar-refractivity contribution is -0.129. The number of amides is 2. The van der Waals surface area contributed by atoms with Crippen molar-refractivity contribution >= 4 is 28.4 Å². The van der Waals surface area contributed by atoms with Gasteiger partial charge in [-0.05, 0) is 54.7 Å². The first-order chi connectivity index (χ1) is 13.9. The number of nitrogens with one attached hydrogen (secondary N) is 1. The van der Waals surface area contributed by atoms with E-state index in [2.05, 4.69) is 11.1 Å². The van der Waals surface area contributed by atoms with Crippen LogP contribution in [0.5, 0.6) is 0 Å². The van der Waals surface area contributed by atoms with E-state index in [1.54, 1.807) is 13.0 Å². The van der Waals surface area contributed by atoms with E-state index in [0.717, 1.165) is 64.9 Å². The van der Waals surface area contributed by atoms with Gasteiger partial charge in [-0.3, -0.25) is 9.59 Å². The van der Waals surface area contributed by atoms with Gasteiger partial charge in [0.25, 0.3) is 5.91 Å². The minimum Gasteiger partial charge on any atom is -0.398 e. The molecule has 5 N–H and O–H groups in total. The summed E-state index contributed by atoms with van der Waals surface area (Å²) in [5, 5.41) is 0.971. The summed E-state index contributed by atoms with van der Waals surface area (Å²) in [7, 11) is 0. The highest BCUT2D eigenvalue weighted by Crippen LogP contribution is 2.37. The van der Waals surface area contributed by atoms with Gasteiger partial charge >= 0.3 is 0 Å². The summed E-state index contributed by atoms with van der Waals surface area (Å²) in [5.41, 5.74) is 17.9. The molecule has 6 nitrogen and oxygen atoms in total. The maximum Gasteiger partial charge on any atom is 0.250 e. The van der Waals surface area contributed by atoms with Crippen molar-refractivity contribution in [2.75, 3.05) is 18.8 Å². The van der Waals surface area contributed by atoms with Crippen molar-refractivity contribution in [3.63, 3.8) is 0 Å². The van der Waals surface area contributed by atoms with Crippen LogP contribution in [0.15, 0.2) is 36.4 Å². The van der Waals surface area contributed by atoms with E-state index in [1.807, 2.05) is 36.1 Å². The molecule has 0 atom stereocenters. The van der Waals surface area contributed by atoms with Gasteiger partial charge in [0.05, 0.1) is 11.1 Å². The molecule has 2 amide bonds. The zero-order valence-electron chi connectivity index (χ0n) is 16.8. The molecular weight excluding hydrogens is 364 g/mol. The van der Waals surface area contributed by atoms with Crippen molar-refractivity contribution in [2.24, 2.45) is 5.73 Å². The quantitative estimate of drug-likeness (QED) is 0.596. The third-order valence-corrected chi connectivity index (χ3v) is 6.13. The molecule has 1 aromatic heterocycles. The third-order valence-electron chi connectivity index (χ3n) is 6.13. The van der Waals surface area contributed by atoms with E-state index in [1.165, 1.54) is 0 Å². The summed E-state index contributed by atoms with van der Waals surface area (Å²) < 4.78 is 0. The molecule has 0 bridgehead atoms. The monoisotopic (exact) mass is 390 g/mol. The fourth-order valence-electron chi connectivity index (χ4n) is 4.35. The van der Waals surface area contributed by atoms with Gasteiger partial charge < -0.3 is 21.4 Å². The molecule has 1 aliphatic rings. The first-order valence-corrected chi connectivity index (χ1v) is 9.93. The van der Waals surface area contributed by atoms with Crippen molar-refractivity contribution < 1.29 is 9.59 Å². The Kier molecular flexibility index (Phi) is 4.78. The number of likely N-dealkylation sites (tertiary alicyclic amines) is 1. The minimum atomic E-state index is -0.453. The second kappa shape index (κ2) is 7.28. The molecule has 1 aliphatic heterocycles. The standard InChI is InChI=1S/C23H26N4O2/c1-13-16(4-3-5-20(13)24)17-6-7-18(23(25)29)22-19(17)12-21(26-22)15-8-10-27(11-9-15)14(2)28/h3-7,12,15,26H,8-11,24H2,1-2H3,(H2,25,29). The number of hydrogen-bond acceptors (Lipinski definition) is 3. The second-order valence-electron chi connectivity index (χ2n) is 7.84. The molecule has 4 rings (SSSR count). The highest BCUT2D eigenvalue weighted by molar-refractivity contribution is 6.09. The lowest BCUT2D eigenvalue weighted by Crippen LogP contribution is -2.36. The topological polar surface area (TPSA) is 105 Å². The highest BCUT2D eigenvalue weighted by Gasteiger charge is 2.25. The number of hydrogen-bond donors (Lipinski definition) is 3. The van der Waals surface area contributed by atoms with Crippen molar-refractivity contribution in [3.05, 3.63) is 53.2 Å². The maximum atomic E-state index is 12.0. The van der Waals surface area contributed by atoms with Crippen LogP contribution in [0.3, 0.4) is 0 Å². The average molecular weight is 390 g/mol. The molecule has 0 aliphatic carbocycles. The fourth-order valence-corrected chi connectivity index (χ4v) is 4.35. The lowest BCUT2D eigenvalue weighted by atomic mass is 9.92. The third kappa shape index (κ3) is 3.35. The molecule has 0 unspecified atom stereocenters. The number of H-pyrrole nitrogens is 1. The number of carbonyl (C=O) groups excluding carboxylic acids is 2. The second-order valence-corrected chi connectivity index (χ2v) is 7.84. The summed E-state index contributed by atoms with van der Waals surface area (Å²) in [6.07, 6.45) is 1.79. The van der Waals surface area contributed by atoms with Crippen molar-refractivity contribution in [1.29, 1.82) is 0 Å². The van der Waals surface area contributed by atoms with Crippen molar-refractivity contribution in [2.45, 2.75) is 32.6 Å². The van der Waals surface area contributed by atoms with Crippen LogP contribution in [0.1, 0.15) is 47.3 Å². The SMILES string of the molecule is CC(=O)N1CCC(c2cc3c(-c4cccc(N)c4C)ccc(C(N)=O)c3[nH]2)CC1. The average Bonchev–Trinajstić information content (AvgIpc) is 3.14. The summed E-state index contributed by atoms with van der Waals surface area (Å²) >= 11 is 0. The number of benzene rings is 2. The van der Waals surface area contributed by atoms with Crippen LogP contribution in [0.25, 0.3) is 22.0 Å². The minimum absolute atomic E-state index is 0.121. The number of rotatable bonds is 3. The lowest BCUT2D eigenvalue weighted by Gasteiger charge is -2.30. The van der Waals surface area contributed by atoms with E-state index in [-0.39, 0.29) is 5.91 Å². The van der Waals surface area contributed by atoms with Gasteiger partial charge in [0.1, 0.15) is 0 Å². The van der Waals surface area contributed by atoms with Crippen LogP contribution in [0.2, 0.25) is 0 Å². The van der Waals surface area contributed by atoms with Gasteiger partial charge in [0, 0.05) is 42.7 Å². The molecular formula is C23H26N4O2. The van der Waals surface area contributed by atoms with Gasteiger partial charge in [-0.1, -0.05) is 18.2 Å². The molecule has 1 saturated heterocycles. The molecule has 2 heterocycles. The smallest absolute Gasteiger partial charge is 0.250 e. The van der Waals surface area contributed by atoms with Gasteiger partial charge in [0.2, 0.25) is 5.91 Å². The van der Waals surface area contributed by atoms with Crippen molar-refractivity contribution in [3.8, 4) is 11.1 Å². The van der Waals surface area contributed by atoms with Gasteiger partial charge in [0.15, 0.2) is 0 Å². The van der Waals surface area contributed by atoms with Gasteiger partial charge in [-0.25, -0.2) is 0 Å². The molecule has 0 spiro atoms. The Morgan fingerprint density at radius 2 is 1.83 bits per heavy atom. The van der Waals surface area contributed by atoms with Crippen LogP contribution < -0.4 is 11.5 Å². The number of nitrogen functional groups attached to an aromatic ring is 1. The molecule has 150 valence electrons. The van der Waals surface area contributed by atoms with Gasteiger partial charge in [-0.15, -0.1) is 0 Å². The number of fused-ring (bicyclic) bond motifs is 1. The van der Waals surface area contributed by atoms with Crippen LogP contribution in [0, 0.1) is 6.92 Å². The summed E-state index contributed by atoms with van der Waals surface area (Å²) in [6, 6.07) is 11.7. The zero-order valence-corrected chi connectivity index (χ0v) is 16.8. The van der Waals surface area contributed by atoms with E-state index < -0.39 is 5.91 Å². The molecule has 1 fully saturated rings. The Bertz CT molecular complexity index is 1110. The van der Waals surface area contributed by atoms with Crippen molar-refractivity contribution in [1.82, 2.24) is 9.88 Å². The number of anilines is 1. The Labute approximate surface area is 169 Å². The van der Waals surface area contributed by atoms with Crippen LogP contribution in [-0.4, -0.2) is 34.8 Å². The molecule has 0 saturated carbocycles. The van der Waals surface area contributed by atoms with E-state index >= 15 is 0 Å². The van der Waals surface area contributed by atoms with E-state index in [4.69, 9.17) is 11.5 Å². The number of nitrogens with two attached hydrogens (primary N) is 2. The molecule has 3 aromatic rings. The summed E-state index contributed by atoms with van der Waals surface area (Å²) in [4.78, 5) is 29.0. The fraction of sp³-hybridized carbons (Fsp3) is 0.304. The number of aromatic nitrogens is 1. The van der Waals surface area contributed by atoms with Crippen LogP contribution in [-0.2, 0) is 4.79 Å². The van der Waals surface area contributed by atoms with Gasteiger partial charge in [-0.2, -0.15) is 0 Å². The Hall–Kier alpha value is -3.28. The van der Waals surface area contributed by atoms with E-state index in [0.29, 0.717) is 11.5 Å². The predicted molar refractivity (Wildman–Crippen MR) is 116 cm³/mol. The first kappa shape index (κ1) is 19.1. The number of carbonyl (C=O) groups is 2. The Morgan fingerprint density at radius 3 is 2.48 bits per heavy atom.